The zero-order chi connectivity index (χ0) is 20.1. The number of carbonyl (C=O) groups excluding carboxylic acids is 2. The maximum Gasteiger partial charge on any atom is 0.338 e. The number of esters is 1. The van der Waals surface area contributed by atoms with Crippen molar-refractivity contribution < 1.29 is 23.7 Å². The molecule has 0 saturated carbocycles. The van der Waals surface area contributed by atoms with Crippen LogP contribution in [0.3, 0.4) is 0 Å². The van der Waals surface area contributed by atoms with Gasteiger partial charge in [0.25, 0.3) is 11.6 Å². The molecule has 3 rings (SSSR count). The van der Waals surface area contributed by atoms with Gasteiger partial charge in [-0.25, -0.2) is 4.79 Å². The lowest BCUT2D eigenvalue weighted by Crippen LogP contribution is -2.12. The lowest BCUT2D eigenvalue weighted by Gasteiger charge is -2.06. The number of anilines is 1. The van der Waals surface area contributed by atoms with Crippen LogP contribution < -0.4 is 5.32 Å². The Bertz CT molecular complexity index is 1020. The van der Waals surface area contributed by atoms with Gasteiger partial charge in [-0.3, -0.25) is 14.9 Å². The minimum Gasteiger partial charge on any atom is -0.462 e. The van der Waals surface area contributed by atoms with Crippen molar-refractivity contribution in [3.05, 3.63) is 82.1 Å². The Morgan fingerprint density at radius 2 is 1.86 bits per heavy atom. The second-order valence-electron chi connectivity index (χ2n) is 5.72. The van der Waals surface area contributed by atoms with Gasteiger partial charge < -0.3 is 14.5 Å². The summed E-state index contributed by atoms with van der Waals surface area (Å²) in [4.78, 5) is 34.4. The highest BCUT2D eigenvalue weighted by atomic mass is 16.6. The highest BCUT2D eigenvalue weighted by molar-refractivity contribution is 6.03. The van der Waals surface area contributed by atoms with E-state index in [1.165, 1.54) is 24.3 Å². The average Bonchev–Trinajstić information content (AvgIpc) is 3.19. The normalized spacial score (nSPS) is 10.3. The fourth-order valence-corrected chi connectivity index (χ4v) is 2.49. The van der Waals surface area contributed by atoms with Gasteiger partial charge >= 0.3 is 5.97 Å². The number of rotatable bonds is 6. The topological polar surface area (TPSA) is 112 Å². The number of hydrogen-bond donors (Lipinski definition) is 1. The third-order valence-corrected chi connectivity index (χ3v) is 3.82. The van der Waals surface area contributed by atoms with Crippen LogP contribution in [0, 0.1) is 10.1 Å². The molecule has 1 heterocycles. The smallest absolute Gasteiger partial charge is 0.338 e. The maximum atomic E-state index is 12.4. The van der Waals surface area contributed by atoms with Crippen LogP contribution in [-0.2, 0) is 4.74 Å². The molecule has 2 aromatic carbocycles. The molecule has 1 aromatic heterocycles. The number of nitro benzene ring substituents is 1. The molecule has 142 valence electrons. The van der Waals surface area contributed by atoms with E-state index in [9.17, 15) is 19.7 Å². The fraction of sp³-hybridized carbons (Fsp3) is 0.100. The van der Waals surface area contributed by atoms with Crippen molar-refractivity contribution in [2.45, 2.75) is 6.92 Å². The predicted molar refractivity (Wildman–Crippen MR) is 101 cm³/mol. The van der Waals surface area contributed by atoms with E-state index < -0.39 is 16.8 Å². The highest BCUT2D eigenvalue weighted by Crippen LogP contribution is 2.25. The number of non-ortho nitro benzene ring substituents is 1. The Balaban J connectivity index is 1.73. The summed E-state index contributed by atoms with van der Waals surface area (Å²) in [5, 5.41) is 13.4. The van der Waals surface area contributed by atoms with E-state index in [1.54, 1.807) is 43.3 Å². The van der Waals surface area contributed by atoms with E-state index in [1.807, 2.05) is 0 Å². The molecule has 0 radical (unpaired) electrons. The van der Waals surface area contributed by atoms with Crippen LogP contribution in [0.15, 0.2) is 65.1 Å². The number of hydrogen-bond acceptors (Lipinski definition) is 6. The summed E-state index contributed by atoms with van der Waals surface area (Å²) in [6, 6.07) is 15.3. The average molecular weight is 380 g/mol. The van der Waals surface area contributed by atoms with E-state index in [4.69, 9.17) is 9.15 Å². The van der Waals surface area contributed by atoms with Crippen LogP contribution in [0.2, 0.25) is 0 Å². The van der Waals surface area contributed by atoms with Gasteiger partial charge in [-0.05, 0) is 49.4 Å². The number of nitro groups is 1. The van der Waals surface area contributed by atoms with Gasteiger partial charge in [0, 0.05) is 23.4 Å². The van der Waals surface area contributed by atoms with Gasteiger partial charge in [0.2, 0.25) is 0 Å². The summed E-state index contributed by atoms with van der Waals surface area (Å²) in [5.41, 5.74) is 1.32. The molecule has 0 aliphatic heterocycles. The molecular weight excluding hydrogens is 364 g/mol. The van der Waals surface area contributed by atoms with E-state index in [-0.39, 0.29) is 18.1 Å². The van der Waals surface area contributed by atoms with Gasteiger partial charge in [-0.1, -0.05) is 6.07 Å². The zero-order valence-corrected chi connectivity index (χ0v) is 14.9. The van der Waals surface area contributed by atoms with Gasteiger partial charge in [-0.15, -0.1) is 0 Å². The summed E-state index contributed by atoms with van der Waals surface area (Å²) in [7, 11) is 0. The molecule has 3 aromatic rings. The van der Waals surface area contributed by atoms with Crippen LogP contribution in [0.4, 0.5) is 11.4 Å². The first-order valence-electron chi connectivity index (χ1n) is 8.41. The SMILES string of the molecule is CCOC(=O)c1cccc(NC(=O)c2ccc(-c3ccc([N+](=O)[O-])cc3)o2)c1. The van der Waals surface area contributed by atoms with Gasteiger partial charge in [-0.2, -0.15) is 0 Å². The quantitative estimate of drug-likeness (QED) is 0.388. The Morgan fingerprint density at radius 1 is 1.11 bits per heavy atom. The number of ether oxygens (including phenoxy) is 1. The molecule has 0 saturated heterocycles. The molecule has 0 unspecified atom stereocenters. The van der Waals surface area contributed by atoms with Crippen molar-refractivity contribution in [1.29, 1.82) is 0 Å². The third-order valence-electron chi connectivity index (χ3n) is 3.82. The molecule has 0 aliphatic rings. The minimum atomic E-state index is -0.492. The molecule has 8 nitrogen and oxygen atoms in total. The first kappa shape index (κ1) is 18.8. The molecule has 0 spiro atoms. The number of carbonyl (C=O) groups is 2. The summed E-state index contributed by atoms with van der Waals surface area (Å²) in [5.74, 6) is -0.499. The van der Waals surface area contributed by atoms with Crippen LogP contribution in [-0.4, -0.2) is 23.4 Å². The summed E-state index contributed by atoms with van der Waals surface area (Å²) in [6.07, 6.45) is 0. The third kappa shape index (κ3) is 4.24. The second kappa shape index (κ2) is 8.17. The number of nitrogens with one attached hydrogen (secondary N) is 1. The summed E-state index contributed by atoms with van der Waals surface area (Å²) >= 11 is 0. The molecule has 8 heteroatoms. The van der Waals surface area contributed by atoms with Crippen molar-refractivity contribution in [1.82, 2.24) is 0 Å². The number of furan rings is 1. The molecule has 1 N–H and O–H groups in total. The highest BCUT2D eigenvalue weighted by Gasteiger charge is 2.15. The zero-order valence-electron chi connectivity index (χ0n) is 14.9. The number of benzene rings is 2. The fourth-order valence-electron chi connectivity index (χ4n) is 2.49. The van der Waals surface area contributed by atoms with E-state index in [2.05, 4.69) is 5.32 Å². The van der Waals surface area contributed by atoms with Gasteiger partial charge in [0.15, 0.2) is 5.76 Å². The van der Waals surface area contributed by atoms with Gasteiger partial charge in [0.05, 0.1) is 17.1 Å². The van der Waals surface area contributed by atoms with Crippen molar-refractivity contribution in [3.8, 4) is 11.3 Å². The van der Waals surface area contributed by atoms with E-state index in [0.717, 1.165) is 0 Å². The number of nitrogens with zero attached hydrogens (tertiary/aromatic N) is 1. The summed E-state index contributed by atoms with van der Waals surface area (Å²) < 4.78 is 10.5. The Morgan fingerprint density at radius 3 is 2.54 bits per heavy atom. The molecule has 0 fully saturated rings. The lowest BCUT2D eigenvalue weighted by atomic mass is 10.1. The Hall–Kier alpha value is -3.94. The second-order valence-corrected chi connectivity index (χ2v) is 5.72. The first-order valence-corrected chi connectivity index (χ1v) is 8.41. The van der Waals surface area contributed by atoms with E-state index >= 15 is 0 Å². The van der Waals surface area contributed by atoms with Crippen LogP contribution >= 0.6 is 0 Å². The molecule has 0 atom stereocenters. The van der Waals surface area contributed by atoms with Crippen LogP contribution in [0.5, 0.6) is 0 Å². The van der Waals surface area contributed by atoms with Crippen molar-refractivity contribution in [2.75, 3.05) is 11.9 Å². The standard InChI is InChI=1S/C20H16N2O6/c1-2-27-20(24)14-4-3-5-15(12-14)21-19(23)18-11-10-17(28-18)13-6-8-16(9-7-13)22(25)26/h3-12H,2H2,1H3,(H,21,23). The monoisotopic (exact) mass is 380 g/mol. The Kier molecular flexibility index (Phi) is 5.50. The number of amides is 1. The summed E-state index contributed by atoms with van der Waals surface area (Å²) in [6.45, 7) is 1.97. The molecule has 28 heavy (non-hydrogen) atoms. The Labute approximate surface area is 159 Å². The molecule has 0 bridgehead atoms. The first-order chi connectivity index (χ1) is 13.5. The molecular formula is C20H16N2O6. The largest absolute Gasteiger partial charge is 0.462 e. The van der Waals surface area contributed by atoms with Crippen molar-refractivity contribution in [2.24, 2.45) is 0 Å². The van der Waals surface area contributed by atoms with E-state index in [0.29, 0.717) is 22.6 Å². The predicted octanol–water partition coefficient (Wildman–Crippen LogP) is 4.28. The maximum absolute atomic E-state index is 12.4. The molecule has 0 aliphatic carbocycles. The van der Waals surface area contributed by atoms with Crippen molar-refractivity contribution >= 4 is 23.3 Å². The lowest BCUT2D eigenvalue weighted by molar-refractivity contribution is -0.384. The van der Waals surface area contributed by atoms with Gasteiger partial charge in [0.1, 0.15) is 5.76 Å². The van der Waals surface area contributed by atoms with Crippen molar-refractivity contribution in [3.63, 3.8) is 0 Å². The minimum absolute atomic E-state index is 0.0326. The van der Waals surface area contributed by atoms with Crippen LogP contribution in [0.1, 0.15) is 27.8 Å². The van der Waals surface area contributed by atoms with Crippen LogP contribution in [0.25, 0.3) is 11.3 Å². The molecule has 1 amide bonds.